The minimum Gasteiger partial charge on any atom is -0.423 e. The highest BCUT2D eigenvalue weighted by Crippen LogP contribution is 2.28. The first-order valence-electron chi connectivity index (χ1n) is 7.63. The molecular formula is C17H24O4. The summed E-state index contributed by atoms with van der Waals surface area (Å²) in [5.74, 6) is -0.106. The highest BCUT2D eigenvalue weighted by atomic mass is 16.6. The van der Waals surface area contributed by atoms with Crippen LogP contribution in [0.1, 0.15) is 52.9 Å². The normalized spacial score (nSPS) is 10.5. The fourth-order valence-corrected chi connectivity index (χ4v) is 1.93. The van der Waals surface area contributed by atoms with E-state index in [9.17, 15) is 9.59 Å². The van der Waals surface area contributed by atoms with Gasteiger partial charge in [-0.05, 0) is 31.4 Å². The molecule has 0 N–H and O–H groups in total. The van der Waals surface area contributed by atoms with Gasteiger partial charge in [-0.25, -0.2) is 0 Å². The van der Waals surface area contributed by atoms with Crippen LogP contribution in [0.3, 0.4) is 0 Å². The third kappa shape index (κ3) is 5.58. The smallest absolute Gasteiger partial charge is 0.314 e. The topological polar surface area (TPSA) is 52.6 Å². The van der Waals surface area contributed by atoms with Crippen LogP contribution in [0.4, 0.5) is 0 Å². The summed E-state index contributed by atoms with van der Waals surface area (Å²) in [4.78, 5) is 23.7. The zero-order chi connectivity index (χ0) is 15.7. The first-order valence-corrected chi connectivity index (χ1v) is 7.63. The zero-order valence-corrected chi connectivity index (χ0v) is 13.1. The van der Waals surface area contributed by atoms with Gasteiger partial charge in [0, 0.05) is 6.42 Å². The Labute approximate surface area is 126 Å². The summed E-state index contributed by atoms with van der Waals surface area (Å²) in [6.45, 7) is 5.91. The maximum absolute atomic E-state index is 12.0. The van der Waals surface area contributed by atoms with Gasteiger partial charge >= 0.3 is 11.9 Å². The second kappa shape index (κ2) is 9.16. The quantitative estimate of drug-likeness (QED) is 0.534. The van der Waals surface area contributed by atoms with Crippen molar-refractivity contribution in [2.24, 2.45) is 5.92 Å². The van der Waals surface area contributed by atoms with Crippen molar-refractivity contribution in [2.45, 2.75) is 52.9 Å². The monoisotopic (exact) mass is 292 g/mol. The van der Waals surface area contributed by atoms with E-state index in [4.69, 9.17) is 9.47 Å². The Morgan fingerprint density at radius 1 is 1.00 bits per heavy atom. The van der Waals surface area contributed by atoms with E-state index >= 15 is 0 Å². The van der Waals surface area contributed by atoms with Crippen LogP contribution in [0.5, 0.6) is 11.5 Å². The van der Waals surface area contributed by atoms with Crippen molar-refractivity contribution >= 4 is 11.9 Å². The second-order valence-electron chi connectivity index (χ2n) is 4.96. The van der Waals surface area contributed by atoms with Crippen molar-refractivity contribution in [1.29, 1.82) is 0 Å². The van der Waals surface area contributed by atoms with Gasteiger partial charge in [-0.1, -0.05) is 39.3 Å². The Kier molecular flexibility index (Phi) is 7.51. The molecule has 116 valence electrons. The Morgan fingerprint density at radius 3 is 2.10 bits per heavy atom. The standard InChI is InChI=1S/C17H24O4/c1-4-7-12-16(18)20-14-10-8-9-11-15(14)21-17(19)13(5-2)6-3/h8-11,13H,4-7,12H2,1-3H3. The number of unbranched alkanes of at least 4 members (excludes halogenated alkanes) is 1. The van der Waals surface area contributed by atoms with Gasteiger partial charge in [-0.3, -0.25) is 9.59 Å². The number of hydrogen-bond acceptors (Lipinski definition) is 4. The molecule has 0 aliphatic rings. The molecule has 0 saturated heterocycles. The molecule has 1 aromatic rings. The Hall–Kier alpha value is -1.84. The van der Waals surface area contributed by atoms with Crippen LogP contribution in [0.25, 0.3) is 0 Å². The second-order valence-corrected chi connectivity index (χ2v) is 4.96. The number of hydrogen-bond donors (Lipinski definition) is 0. The molecule has 1 rings (SSSR count). The van der Waals surface area contributed by atoms with Crippen LogP contribution in [0.2, 0.25) is 0 Å². The van der Waals surface area contributed by atoms with Gasteiger partial charge in [-0.2, -0.15) is 0 Å². The van der Waals surface area contributed by atoms with Crippen LogP contribution >= 0.6 is 0 Å². The molecule has 0 radical (unpaired) electrons. The number of carbonyl (C=O) groups excluding carboxylic acids is 2. The highest BCUT2D eigenvalue weighted by Gasteiger charge is 2.19. The lowest BCUT2D eigenvalue weighted by Crippen LogP contribution is -2.20. The molecule has 4 nitrogen and oxygen atoms in total. The average Bonchev–Trinajstić information content (AvgIpc) is 2.48. The number of carbonyl (C=O) groups is 2. The van der Waals surface area contributed by atoms with Crippen LogP contribution in [-0.4, -0.2) is 11.9 Å². The van der Waals surface area contributed by atoms with E-state index in [1.807, 2.05) is 20.8 Å². The number of benzene rings is 1. The van der Waals surface area contributed by atoms with Crippen LogP contribution in [-0.2, 0) is 9.59 Å². The molecule has 0 spiro atoms. The average molecular weight is 292 g/mol. The van der Waals surface area contributed by atoms with Gasteiger partial charge in [0.1, 0.15) is 0 Å². The molecule has 0 unspecified atom stereocenters. The molecule has 0 fully saturated rings. The van der Waals surface area contributed by atoms with Crippen molar-refractivity contribution in [3.05, 3.63) is 24.3 Å². The van der Waals surface area contributed by atoms with Crippen molar-refractivity contribution in [3.8, 4) is 11.5 Å². The summed E-state index contributed by atoms with van der Waals surface area (Å²) in [6.07, 6.45) is 3.54. The molecule has 4 heteroatoms. The fourth-order valence-electron chi connectivity index (χ4n) is 1.93. The van der Waals surface area contributed by atoms with Gasteiger partial charge in [0.25, 0.3) is 0 Å². The minimum absolute atomic E-state index is 0.131. The van der Waals surface area contributed by atoms with E-state index < -0.39 is 0 Å². The summed E-state index contributed by atoms with van der Waals surface area (Å²) in [5, 5.41) is 0. The number of ether oxygens (including phenoxy) is 2. The summed E-state index contributed by atoms with van der Waals surface area (Å²) < 4.78 is 10.7. The van der Waals surface area contributed by atoms with E-state index in [-0.39, 0.29) is 17.9 Å². The van der Waals surface area contributed by atoms with Gasteiger partial charge in [0.05, 0.1) is 5.92 Å². The van der Waals surface area contributed by atoms with Crippen molar-refractivity contribution < 1.29 is 19.1 Å². The molecule has 0 aromatic heterocycles. The van der Waals surface area contributed by atoms with Gasteiger partial charge < -0.3 is 9.47 Å². The molecule has 0 heterocycles. The maximum atomic E-state index is 12.0. The van der Waals surface area contributed by atoms with Crippen molar-refractivity contribution in [3.63, 3.8) is 0 Å². The first-order chi connectivity index (χ1) is 10.1. The minimum atomic E-state index is -0.303. The molecule has 0 amide bonds. The predicted molar refractivity (Wildman–Crippen MR) is 81.3 cm³/mol. The van der Waals surface area contributed by atoms with E-state index in [0.29, 0.717) is 17.9 Å². The van der Waals surface area contributed by atoms with Gasteiger partial charge in [-0.15, -0.1) is 0 Å². The Bertz CT molecular complexity index is 464. The zero-order valence-electron chi connectivity index (χ0n) is 13.1. The molecule has 0 atom stereocenters. The molecule has 21 heavy (non-hydrogen) atoms. The fraction of sp³-hybridized carbons (Fsp3) is 0.529. The van der Waals surface area contributed by atoms with Crippen LogP contribution in [0, 0.1) is 5.92 Å². The Balaban J connectivity index is 2.75. The summed E-state index contributed by atoms with van der Waals surface area (Å²) >= 11 is 0. The summed E-state index contributed by atoms with van der Waals surface area (Å²) in [6, 6.07) is 6.78. The molecule has 0 saturated carbocycles. The molecule has 1 aromatic carbocycles. The number of esters is 2. The van der Waals surface area contributed by atoms with E-state index in [0.717, 1.165) is 25.7 Å². The van der Waals surface area contributed by atoms with E-state index in [1.54, 1.807) is 24.3 Å². The van der Waals surface area contributed by atoms with Crippen LogP contribution in [0.15, 0.2) is 24.3 Å². The highest BCUT2D eigenvalue weighted by molar-refractivity contribution is 5.77. The maximum Gasteiger partial charge on any atom is 0.314 e. The molecule has 0 aliphatic heterocycles. The molecule has 0 aliphatic carbocycles. The molecule has 0 bridgehead atoms. The van der Waals surface area contributed by atoms with Crippen molar-refractivity contribution in [2.75, 3.05) is 0 Å². The van der Waals surface area contributed by atoms with Gasteiger partial charge in [0.15, 0.2) is 11.5 Å². The lowest BCUT2D eigenvalue weighted by Gasteiger charge is -2.14. The third-order valence-corrected chi connectivity index (χ3v) is 3.34. The molecular weight excluding hydrogens is 268 g/mol. The third-order valence-electron chi connectivity index (χ3n) is 3.34. The number of para-hydroxylation sites is 2. The predicted octanol–water partition coefficient (Wildman–Crippen LogP) is 4.12. The lowest BCUT2D eigenvalue weighted by atomic mass is 10.0. The number of rotatable bonds is 8. The summed E-state index contributed by atoms with van der Waals surface area (Å²) in [7, 11) is 0. The van der Waals surface area contributed by atoms with Crippen LogP contribution < -0.4 is 9.47 Å². The first kappa shape index (κ1) is 17.2. The van der Waals surface area contributed by atoms with E-state index in [2.05, 4.69) is 0 Å². The summed E-state index contributed by atoms with van der Waals surface area (Å²) in [5.41, 5.74) is 0. The van der Waals surface area contributed by atoms with Gasteiger partial charge in [0.2, 0.25) is 0 Å². The Morgan fingerprint density at radius 2 is 1.57 bits per heavy atom. The van der Waals surface area contributed by atoms with E-state index in [1.165, 1.54) is 0 Å². The van der Waals surface area contributed by atoms with Crippen molar-refractivity contribution in [1.82, 2.24) is 0 Å². The largest absolute Gasteiger partial charge is 0.423 e. The SMILES string of the molecule is CCCCC(=O)Oc1ccccc1OC(=O)C(CC)CC. The lowest BCUT2D eigenvalue weighted by molar-refractivity contribution is -0.140.